The summed E-state index contributed by atoms with van der Waals surface area (Å²) < 4.78 is 5.14. The normalized spacial score (nSPS) is 19.0. The van der Waals surface area contributed by atoms with Crippen LogP contribution in [0, 0.1) is 5.92 Å². The first kappa shape index (κ1) is 13.5. The summed E-state index contributed by atoms with van der Waals surface area (Å²) in [7, 11) is 2.13. The van der Waals surface area contributed by atoms with Crippen LogP contribution in [-0.2, 0) is 9.53 Å². The van der Waals surface area contributed by atoms with E-state index in [2.05, 4.69) is 16.8 Å². The predicted octanol–water partition coefficient (Wildman–Crippen LogP) is 0.823. The molecule has 0 aromatic carbocycles. The average molecular weight is 228 g/mol. The fourth-order valence-electron chi connectivity index (χ4n) is 1.65. The Labute approximate surface area is 98.5 Å². The molecule has 0 atom stereocenters. The van der Waals surface area contributed by atoms with E-state index in [4.69, 9.17) is 4.74 Å². The number of hydrogen-bond donors (Lipinski definition) is 0. The second-order valence-corrected chi connectivity index (χ2v) is 4.97. The molecule has 94 valence electrons. The van der Waals surface area contributed by atoms with E-state index in [1.54, 1.807) is 0 Å². The zero-order chi connectivity index (χ0) is 12.0. The van der Waals surface area contributed by atoms with Gasteiger partial charge in [0.2, 0.25) is 0 Å². The Kier molecular flexibility index (Phi) is 5.77. The van der Waals surface area contributed by atoms with Gasteiger partial charge < -0.3 is 14.5 Å². The third-order valence-electron chi connectivity index (χ3n) is 2.81. The van der Waals surface area contributed by atoms with Gasteiger partial charge in [-0.2, -0.15) is 0 Å². The van der Waals surface area contributed by atoms with Crippen LogP contribution in [0.1, 0.15) is 20.3 Å². The minimum atomic E-state index is -0.0624. The van der Waals surface area contributed by atoms with Crippen LogP contribution in [-0.4, -0.2) is 62.1 Å². The Hall–Kier alpha value is -0.610. The number of piperazine rings is 1. The van der Waals surface area contributed by atoms with Crippen LogP contribution >= 0.6 is 0 Å². The maximum absolute atomic E-state index is 11.4. The molecule has 0 unspecified atom stereocenters. The van der Waals surface area contributed by atoms with E-state index in [9.17, 15) is 4.79 Å². The Balaban J connectivity index is 2.07. The lowest BCUT2D eigenvalue weighted by Gasteiger charge is -2.32. The summed E-state index contributed by atoms with van der Waals surface area (Å²) in [6.45, 7) is 9.80. The number of ether oxygens (including phenoxy) is 1. The van der Waals surface area contributed by atoms with Crippen molar-refractivity contribution in [2.45, 2.75) is 20.3 Å². The largest absolute Gasteiger partial charge is 0.465 e. The number of carbonyl (C=O) groups is 1. The van der Waals surface area contributed by atoms with Gasteiger partial charge in [-0.25, -0.2) is 0 Å². The molecule has 4 heteroatoms. The van der Waals surface area contributed by atoms with E-state index < -0.39 is 0 Å². The van der Waals surface area contributed by atoms with Crippen molar-refractivity contribution in [2.24, 2.45) is 5.92 Å². The quantitative estimate of drug-likeness (QED) is 0.652. The Bertz CT molecular complexity index is 211. The molecule has 1 aliphatic rings. The van der Waals surface area contributed by atoms with Gasteiger partial charge >= 0.3 is 5.97 Å². The molecule has 0 saturated carbocycles. The van der Waals surface area contributed by atoms with E-state index in [0.717, 1.165) is 32.7 Å². The predicted molar refractivity (Wildman–Crippen MR) is 64.4 cm³/mol. The van der Waals surface area contributed by atoms with Crippen molar-refractivity contribution in [3.05, 3.63) is 0 Å². The van der Waals surface area contributed by atoms with Gasteiger partial charge in [0, 0.05) is 32.7 Å². The smallest absolute Gasteiger partial charge is 0.307 e. The van der Waals surface area contributed by atoms with Crippen LogP contribution in [0.15, 0.2) is 0 Å². The molecule has 1 aliphatic heterocycles. The molecular weight excluding hydrogens is 204 g/mol. The Morgan fingerprint density at radius 1 is 1.25 bits per heavy atom. The maximum atomic E-state index is 11.4. The van der Waals surface area contributed by atoms with Crippen molar-refractivity contribution in [2.75, 3.05) is 46.4 Å². The highest BCUT2D eigenvalue weighted by molar-refractivity contribution is 5.69. The van der Waals surface area contributed by atoms with Crippen LogP contribution in [0.3, 0.4) is 0 Å². The number of esters is 1. The lowest BCUT2D eigenvalue weighted by atomic mass is 10.2. The van der Waals surface area contributed by atoms with Crippen LogP contribution in [0.5, 0.6) is 0 Å². The van der Waals surface area contributed by atoms with Gasteiger partial charge in [-0.3, -0.25) is 4.79 Å². The van der Waals surface area contributed by atoms with Crippen molar-refractivity contribution < 1.29 is 9.53 Å². The molecule has 1 rings (SSSR count). The fraction of sp³-hybridized carbons (Fsp3) is 0.917. The summed E-state index contributed by atoms with van der Waals surface area (Å²) in [6.07, 6.45) is 0.524. The molecule has 1 saturated heterocycles. The third-order valence-corrected chi connectivity index (χ3v) is 2.81. The van der Waals surface area contributed by atoms with Gasteiger partial charge in [-0.15, -0.1) is 0 Å². The minimum Gasteiger partial charge on any atom is -0.465 e. The molecule has 0 amide bonds. The molecule has 0 aromatic heterocycles. The van der Waals surface area contributed by atoms with Crippen molar-refractivity contribution in [3.63, 3.8) is 0 Å². The second kappa shape index (κ2) is 6.86. The van der Waals surface area contributed by atoms with Gasteiger partial charge in [0.1, 0.15) is 0 Å². The standard InChI is InChI=1S/C12H24N2O2/c1-11(2)10-16-12(15)4-5-14-8-6-13(3)7-9-14/h11H,4-10H2,1-3H3. The first-order valence-electron chi connectivity index (χ1n) is 6.14. The highest BCUT2D eigenvalue weighted by atomic mass is 16.5. The topological polar surface area (TPSA) is 32.8 Å². The molecule has 4 nitrogen and oxygen atoms in total. The second-order valence-electron chi connectivity index (χ2n) is 4.97. The van der Waals surface area contributed by atoms with E-state index >= 15 is 0 Å². The molecular formula is C12H24N2O2. The fourth-order valence-corrected chi connectivity index (χ4v) is 1.65. The van der Waals surface area contributed by atoms with Crippen LogP contribution in [0.4, 0.5) is 0 Å². The van der Waals surface area contributed by atoms with Crippen LogP contribution < -0.4 is 0 Å². The van der Waals surface area contributed by atoms with Crippen molar-refractivity contribution in [3.8, 4) is 0 Å². The first-order chi connectivity index (χ1) is 7.58. The lowest BCUT2D eigenvalue weighted by Crippen LogP contribution is -2.45. The molecule has 16 heavy (non-hydrogen) atoms. The number of hydrogen-bond acceptors (Lipinski definition) is 4. The van der Waals surface area contributed by atoms with Crippen LogP contribution in [0.2, 0.25) is 0 Å². The summed E-state index contributed by atoms with van der Waals surface area (Å²) in [5.74, 6) is 0.361. The number of rotatable bonds is 5. The summed E-state index contributed by atoms with van der Waals surface area (Å²) in [4.78, 5) is 16.0. The van der Waals surface area contributed by atoms with E-state index in [0.29, 0.717) is 18.9 Å². The molecule has 0 radical (unpaired) electrons. The van der Waals surface area contributed by atoms with Crippen molar-refractivity contribution in [1.29, 1.82) is 0 Å². The van der Waals surface area contributed by atoms with Gasteiger partial charge in [0.25, 0.3) is 0 Å². The van der Waals surface area contributed by atoms with Crippen molar-refractivity contribution >= 4 is 5.97 Å². The molecule has 0 aliphatic carbocycles. The minimum absolute atomic E-state index is 0.0624. The highest BCUT2D eigenvalue weighted by Crippen LogP contribution is 2.01. The molecule has 0 aromatic rings. The monoisotopic (exact) mass is 228 g/mol. The summed E-state index contributed by atoms with van der Waals surface area (Å²) in [5, 5.41) is 0. The number of carbonyl (C=O) groups excluding carboxylic acids is 1. The molecule has 1 heterocycles. The molecule has 0 N–H and O–H groups in total. The summed E-state index contributed by atoms with van der Waals surface area (Å²) >= 11 is 0. The van der Waals surface area contributed by atoms with Gasteiger partial charge in [0.15, 0.2) is 0 Å². The molecule has 0 spiro atoms. The molecule has 0 bridgehead atoms. The third kappa shape index (κ3) is 5.47. The maximum Gasteiger partial charge on any atom is 0.307 e. The lowest BCUT2D eigenvalue weighted by molar-refractivity contribution is -0.145. The zero-order valence-corrected chi connectivity index (χ0v) is 10.7. The van der Waals surface area contributed by atoms with E-state index in [-0.39, 0.29) is 5.97 Å². The van der Waals surface area contributed by atoms with E-state index in [1.165, 1.54) is 0 Å². The summed E-state index contributed by atoms with van der Waals surface area (Å²) in [6, 6.07) is 0. The van der Waals surface area contributed by atoms with Crippen LogP contribution in [0.25, 0.3) is 0 Å². The van der Waals surface area contributed by atoms with Crippen molar-refractivity contribution in [1.82, 2.24) is 9.80 Å². The van der Waals surface area contributed by atoms with E-state index in [1.807, 2.05) is 13.8 Å². The van der Waals surface area contributed by atoms with Gasteiger partial charge in [0.05, 0.1) is 13.0 Å². The zero-order valence-electron chi connectivity index (χ0n) is 10.7. The number of likely N-dealkylation sites (N-methyl/N-ethyl adjacent to an activating group) is 1. The summed E-state index contributed by atoms with van der Waals surface area (Å²) in [5.41, 5.74) is 0. The average Bonchev–Trinajstić information content (AvgIpc) is 2.25. The highest BCUT2D eigenvalue weighted by Gasteiger charge is 2.14. The SMILES string of the molecule is CC(C)COC(=O)CCN1CCN(C)CC1. The molecule has 1 fully saturated rings. The first-order valence-corrected chi connectivity index (χ1v) is 6.14. The Morgan fingerprint density at radius 3 is 2.44 bits per heavy atom. The van der Waals surface area contributed by atoms with Gasteiger partial charge in [-0.05, 0) is 13.0 Å². The number of nitrogens with zero attached hydrogens (tertiary/aromatic N) is 2. The van der Waals surface area contributed by atoms with Gasteiger partial charge in [-0.1, -0.05) is 13.8 Å². The Morgan fingerprint density at radius 2 is 1.88 bits per heavy atom.